The van der Waals surface area contributed by atoms with Gasteiger partial charge in [0.2, 0.25) is 5.91 Å². The van der Waals surface area contributed by atoms with E-state index >= 15 is 0 Å². The van der Waals surface area contributed by atoms with Gasteiger partial charge in [-0.2, -0.15) is 5.10 Å². The third kappa shape index (κ3) is 3.21. The summed E-state index contributed by atoms with van der Waals surface area (Å²) in [6, 6.07) is 1.75. The minimum absolute atomic E-state index is 0.154. The van der Waals surface area contributed by atoms with Gasteiger partial charge in [-0.1, -0.05) is 25.9 Å². The van der Waals surface area contributed by atoms with Gasteiger partial charge in [0.1, 0.15) is 12.4 Å². The van der Waals surface area contributed by atoms with Crippen LogP contribution in [0.15, 0.2) is 15.4 Å². The number of aromatic nitrogens is 4. The Kier molecular flexibility index (Phi) is 3.71. The lowest BCUT2D eigenvalue weighted by Gasteiger charge is -2.16. The van der Waals surface area contributed by atoms with E-state index < -0.39 is 11.2 Å². The Morgan fingerprint density at radius 3 is 2.62 bits per heavy atom. The molecule has 0 unspecified atom stereocenters. The summed E-state index contributed by atoms with van der Waals surface area (Å²) in [6.07, 6.45) is 0. The molecule has 21 heavy (non-hydrogen) atoms. The SMILES string of the molecule is Cc1cc(NC(=O)Cn2c(C(C)(C)C)noc2=O)n(C)n1. The average molecular weight is 293 g/mol. The zero-order valence-electron chi connectivity index (χ0n) is 12.8. The lowest BCUT2D eigenvalue weighted by Crippen LogP contribution is -2.30. The Balaban J connectivity index is 2.19. The van der Waals surface area contributed by atoms with Crippen LogP contribution in [0.3, 0.4) is 0 Å². The molecule has 0 radical (unpaired) electrons. The Morgan fingerprint density at radius 2 is 2.10 bits per heavy atom. The maximum Gasteiger partial charge on any atom is 0.442 e. The van der Waals surface area contributed by atoms with Crippen LogP contribution in [-0.4, -0.2) is 25.4 Å². The van der Waals surface area contributed by atoms with Crippen molar-refractivity contribution in [3.8, 4) is 0 Å². The van der Waals surface area contributed by atoms with Crippen molar-refractivity contribution in [3.63, 3.8) is 0 Å². The highest BCUT2D eigenvalue weighted by Gasteiger charge is 2.25. The summed E-state index contributed by atoms with van der Waals surface area (Å²) in [4.78, 5) is 23.8. The van der Waals surface area contributed by atoms with Gasteiger partial charge in [0.15, 0.2) is 5.82 Å². The van der Waals surface area contributed by atoms with E-state index in [2.05, 4.69) is 20.1 Å². The number of hydrogen-bond acceptors (Lipinski definition) is 5. The van der Waals surface area contributed by atoms with Crippen LogP contribution in [0.2, 0.25) is 0 Å². The Bertz CT molecular complexity index is 717. The molecule has 0 aliphatic rings. The summed E-state index contributed by atoms with van der Waals surface area (Å²) in [5, 5.41) is 10.6. The van der Waals surface area contributed by atoms with E-state index in [4.69, 9.17) is 0 Å². The minimum atomic E-state index is -0.642. The number of nitrogens with zero attached hydrogens (tertiary/aromatic N) is 4. The maximum absolute atomic E-state index is 12.1. The molecule has 2 aromatic rings. The van der Waals surface area contributed by atoms with Crippen LogP contribution in [0.1, 0.15) is 32.3 Å². The highest BCUT2D eigenvalue weighted by molar-refractivity contribution is 5.89. The summed E-state index contributed by atoms with van der Waals surface area (Å²) < 4.78 is 7.46. The molecule has 0 aliphatic carbocycles. The molecule has 0 saturated carbocycles. The van der Waals surface area contributed by atoms with Gasteiger partial charge in [-0.3, -0.25) is 18.6 Å². The molecule has 2 rings (SSSR count). The molecule has 0 saturated heterocycles. The van der Waals surface area contributed by atoms with Gasteiger partial charge in [-0.25, -0.2) is 4.79 Å². The third-order valence-corrected chi connectivity index (χ3v) is 2.93. The maximum atomic E-state index is 12.1. The predicted molar refractivity (Wildman–Crippen MR) is 76.0 cm³/mol. The summed E-state index contributed by atoms with van der Waals surface area (Å²) >= 11 is 0. The van der Waals surface area contributed by atoms with Crippen LogP contribution >= 0.6 is 0 Å². The first-order chi connectivity index (χ1) is 9.68. The second kappa shape index (κ2) is 5.19. The molecule has 114 valence electrons. The zero-order valence-corrected chi connectivity index (χ0v) is 12.8. The van der Waals surface area contributed by atoms with E-state index in [0.717, 1.165) is 5.69 Å². The fourth-order valence-electron chi connectivity index (χ4n) is 2.00. The molecule has 2 heterocycles. The summed E-state index contributed by atoms with van der Waals surface area (Å²) in [6.45, 7) is 7.35. The Labute approximate surface area is 121 Å². The molecular formula is C13H19N5O3. The van der Waals surface area contributed by atoms with Crippen LogP contribution in [0.4, 0.5) is 5.82 Å². The Morgan fingerprint density at radius 1 is 1.43 bits per heavy atom. The van der Waals surface area contributed by atoms with Crippen LogP contribution in [-0.2, 0) is 23.8 Å². The van der Waals surface area contributed by atoms with Crippen LogP contribution in [0.5, 0.6) is 0 Å². The fourth-order valence-corrected chi connectivity index (χ4v) is 2.00. The highest BCUT2D eigenvalue weighted by atomic mass is 16.5. The average Bonchev–Trinajstić information content (AvgIpc) is 2.83. The van der Waals surface area contributed by atoms with E-state index in [-0.39, 0.29) is 12.5 Å². The molecule has 8 nitrogen and oxygen atoms in total. The van der Waals surface area contributed by atoms with Crippen molar-refractivity contribution in [2.75, 3.05) is 5.32 Å². The summed E-state index contributed by atoms with van der Waals surface area (Å²) in [7, 11) is 1.73. The first kappa shape index (κ1) is 15.0. The highest BCUT2D eigenvalue weighted by Crippen LogP contribution is 2.18. The zero-order chi connectivity index (χ0) is 15.8. The van der Waals surface area contributed by atoms with Gasteiger partial charge in [-0.15, -0.1) is 0 Å². The quantitative estimate of drug-likeness (QED) is 0.903. The van der Waals surface area contributed by atoms with Crippen molar-refractivity contribution in [3.05, 3.63) is 28.1 Å². The van der Waals surface area contributed by atoms with Crippen LogP contribution in [0, 0.1) is 6.92 Å². The molecule has 0 aromatic carbocycles. The Hall–Kier alpha value is -2.38. The first-order valence-corrected chi connectivity index (χ1v) is 6.56. The van der Waals surface area contributed by atoms with Gasteiger partial charge in [-0.05, 0) is 6.92 Å². The predicted octanol–water partition coefficient (Wildman–Crippen LogP) is 0.814. The number of amides is 1. The van der Waals surface area contributed by atoms with Crippen molar-refractivity contribution in [1.29, 1.82) is 0 Å². The monoisotopic (exact) mass is 293 g/mol. The molecule has 0 fully saturated rings. The number of aryl methyl sites for hydroxylation is 2. The van der Waals surface area contributed by atoms with Gasteiger partial charge >= 0.3 is 5.76 Å². The molecule has 0 spiro atoms. The van der Waals surface area contributed by atoms with Gasteiger partial charge in [0.05, 0.1) is 5.69 Å². The van der Waals surface area contributed by atoms with E-state index in [0.29, 0.717) is 11.6 Å². The normalized spacial score (nSPS) is 11.7. The largest absolute Gasteiger partial charge is 0.442 e. The topological polar surface area (TPSA) is 95.0 Å². The molecule has 0 bridgehead atoms. The molecular weight excluding hydrogens is 274 g/mol. The van der Waals surface area contributed by atoms with E-state index in [1.807, 2.05) is 27.7 Å². The number of anilines is 1. The van der Waals surface area contributed by atoms with Crippen molar-refractivity contribution >= 4 is 11.7 Å². The molecule has 0 atom stereocenters. The lowest BCUT2D eigenvalue weighted by atomic mass is 9.96. The molecule has 8 heteroatoms. The van der Waals surface area contributed by atoms with Crippen LogP contribution in [0.25, 0.3) is 0 Å². The summed E-state index contributed by atoms with van der Waals surface area (Å²) in [5.74, 6) is 0.0215. The first-order valence-electron chi connectivity index (χ1n) is 6.56. The number of rotatable bonds is 3. The molecule has 2 aromatic heterocycles. The van der Waals surface area contributed by atoms with E-state index in [9.17, 15) is 9.59 Å². The number of hydrogen-bond donors (Lipinski definition) is 1. The second-order valence-corrected chi connectivity index (χ2v) is 5.95. The molecule has 1 N–H and O–H groups in total. The van der Waals surface area contributed by atoms with Crippen molar-refractivity contribution in [2.45, 2.75) is 39.7 Å². The number of carbonyl (C=O) groups is 1. The second-order valence-electron chi connectivity index (χ2n) is 5.95. The van der Waals surface area contributed by atoms with Crippen molar-refractivity contribution in [2.24, 2.45) is 7.05 Å². The minimum Gasteiger partial charge on any atom is -0.309 e. The third-order valence-electron chi connectivity index (χ3n) is 2.93. The van der Waals surface area contributed by atoms with Crippen molar-refractivity contribution in [1.82, 2.24) is 19.5 Å². The van der Waals surface area contributed by atoms with Crippen molar-refractivity contribution < 1.29 is 9.32 Å². The number of carbonyl (C=O) groups excluding carboxylic acids is 1. The lowest BCUT2D eigenvalue weighted by molar-refractivity contribution is -0.116. The van der Waals surface area contributed by atoms with E-state index in [1.165, 1.54) is 4.57 Å². The number of nitrogens with one attached hydrogen (secondary N) is 1. The fraction of sp³-hybridized carbons (Fsp3) is 0.538. The smallest absolute Gasteiger partial charge is 0.309 e. The van der Waals surface area contributed by atoms with Gasteiger partial charge < -0.3 is 5.32 Å². The molecule has 0 aliphatic heterocycles. The van der Waals surface area contributed by atoms with Gasteiger partial charge in [0.25, 0.3) is 0 Å². The van der Waals surface area contributed by atoms with Crippen LogP contribution < -0.4 is 11.1 Å². The summed E-state index contributed by atoms with van der Waals surface area (Å²) in [5.41, 5.74) is 0.403. The van der Waals surface area contributed by atoms with E-state index in [1.54, 1.807) is 17.8 Å². The standard InChI is InChI=1S/C13H19N5O3/c1-8-6-9(17(5)15-8)14-10(19)7-18-11(13(2,3)4)16-21-12(18)20/h6H,7H2,1-5H3,(H,14,19). The molecule has 1 amide bonds. The van der Waals surface area contributed by atoms with Gasteiger partial charge in [0, 0.05) is 18.5 Å².